The van der Waals surface area contributed by atoms with Crippen LogP contribution in [0.2, 0.25) is 0 Å². The Labute approximate surface area is 157 Å². The van der Waals surface area contributed by atoms with E-state index in [2.05, 4.69) is 16.7 Å². The van der Waals surface area contributed by atoms with Crippen molar-refractivity contribution >= 4 is 29.3 Å². The van der Waals surface area contributed by atoms with Gasteiger partial charge in [-0.1, -0.05) is 29.8 Å². The van der Waals surface area contributed by atoms with Crippen molar-refractivity contribution < 1.29 is 14.3 Å². The van der Waals surface area contributed by atoms with Crippen molar-refractivity contribution in [1.82, 2.24) is 5.32 Å². The molecule has 1 atom stereocenters. The van der Waals surface area contributed by atoms with Gasteiger partial charge in [0.05, 0.1) is 17.5 Å². The van der Waals surface area contributed by atoms with Gasteiger partial charge >= 0.3 is 0 Å². The molecule has 2 amide bonds. The highest BCUT2D eigenvalue weighted by Gasteiger charge is 2.28. The van der Waals surface area contributed by atoms with E-state index in [1.165, 1.54) is 17.3 Å². The predicted octanol–water partition coefficient (Wildman–Crippen LogP) is 3.30. The molecule has 2 aromatic carbocycles. The first-order chi connectivity index (χ1) is 12.5. The molecule has 0 spiro atoms. The van der Waals surface area contributed by atoms with Gasteiger partial charge in [-0.15, -0.1) is 11.8 Å². The number of hydrogen-bond donors (Lipinski definition) is 2. The Bertz CT molecular complexity index is 822. The summed E-state index contributed by atoms with van der Waals surface area (Å²) in [7, 11) is 0. The SMILES string of the molecule is Cc1ccc(OCCNC(=O)C[C@@H]2Sc3ccccc3NC2=O)c(C)c1. The number of benzene rings is 2. The van der Waals surface area contributed by atoms with Crippen LogP contribution < -0.4 is 15.4 Å². The molecule has 0 aliphatic carbocycles. The minimum absolute atomic E-state index is 0.129. The molecule has 1 aliphatic rings. The van der Waals surface area contributed by atoms with Crippen LogP contribution in [-0.4, -0.2) is 30.2 Å². The number of fused-ring (bicyclic) bond motifs is 1. The van der Waals surface area contributed by atoms with E-state index >= 15 is 0 Å². The Hall–Kier alpha value is -2.47. The molecule has 2 aromatic rings. The van der Waals surface area contributed by atoms with Gasteiger partial charge < -0.3 is 15.4 Å². The number of hydrogen-bond acceptors (Lipinski definition) is 4. The third-order valence-corrected chi connectivity index (χ3v) is 5.36. The highest BCUT2D eigenvalue weighted by molar-refractivity contribution is 8.01. The van der Waals surface area contributed by atoms with Crippen LogP contribution in [0.1, 0.15) is 17.5 Å². The molecule has 0 bridgehead atoms. The van der Waals surface area contributed by atoms with Crippen molar-refractivity contribution in [3.63, 3.8) is 0 Å². The van der Waals surface area contributed by atoms with E-state index in [1.807, 2.05) is 50.2 Å². The van der Waals surface area contributed by atoms with Gasteiger partial charge in [-0.05, 0) is 37.6 Å². The summed E-state index contributed by atoms with van der Waals surface area (Å²) in [6, 6.07) is 13.6. The summed E-state index contributed by atoms with van der Waals surface area (Å²) in [5.41, 5.74) is 3.07. The first-order valence-electron chi connectivity index (χ1n) is 8.56. The monoisotopic (exact) mass is 370 g/mol. The van der Waals surface area contributed by atoms with Crippen LogP contribution in [0.4, 0.5) is 5.69 Å². The minimum atomic E-state index is -0.412. The van der Waals surface area contributed by atoms with Crippen LogP contribution in [0, 0.1) is 13.8 Å². The van der Waals surface area contributed by atoms with Crippen LogP contribution in [0.25, 0.3) is 0 Å². The second kappa shape index (κ2) is 8.27. The van der Waals surface area contributed by atoms with E-state index in [0.29, 0.717) is 13.2 Å². The maximum atomic E-state index is 12.1. The zero-order valence-electron chi connectivity index (χ0n) is 14.9. The van der Waals surface area contributed by atoms with Crippen molar-refractivity contribution in [2.75, 3.05) is 18.5 Å². The van der Waals surface area contributed by atoms with E-state index in [4.69, 9.17) is 4.74 Å². The molecular weight excluding hydrogens is 348 g/mol. The zero-order chi connectivity index (χ0) is 18.5. The summed E-state index contributed by atoms with van der Waals surface area (Å²) in [4.78, 5) is 25.3. The third kappa shape index (κ3) is 4.58. The number of carbonyl (C=O) groups excluding carboxylic acids is 2. The average Bonchev–Trinajstić information content (AvgIpc) is 2.61. The van der Waals surface area contributed by atoms with Crippen molar-refractivity contribution in [3.8, 4) is 5.75 Å². The van der Waals surface area contributed by atoms with Gasteiger partial charge in [0.15, 0.2) is 0 Å². The number of amides is 2. The van der Waals surface area contributed by atoms with E-state index in [1.54, 1.807) is 0 Å². The van der Waals surface area contributed by atoms with E-state index in [0.717, 1.165) is 21.9 Å². The Morgan fingerprint density at radius 1 is 1.23 bits per heavy atom. The predicted molar refractivity (Wildman–Crippen MR) is 104 cm³/mol. The van der Waals surface area contributed by atoms with Gasteiger partial charge in [-0.3, -0.25) is 9.59 Å². The number of anilines is 1. The average molecular weight is 370 g/mol. The topological polar surface area (TPSA) is 67.4 Å². The molecule has 0 radical (unpaired) electrons. The van der Waals surface area contributed by atoms with Crippen molar-refractivity contribution in [2.24, 2.45) is 0 Å². The quantitative estimate of drug-likeness (QED) is 0.766. The molecule has 0 saturated heterocycles. The normalized spacial score (nSPS) is 15.8. The Morgan fingerprint density at radius 3 is 2.85 bits per heavy atom. The van der Waals surface area contributed by atoms with Crippen molar-refractivity contribution in [3.05, 3.63) is 53.6 Å². The maximum Gasteiger partial charge on any atom is 0.238 e. The summed E-state index contributed by atoms with van der Waals surface area (Å²) in [6.45, 7) is 4.83. The maximum absolute atomic E-state index is 12.1. The fraction of sp³-hybridized carbons (Fsp3) is 0.300. The standard InChI is InChI=1S/C20H22N2O3S/c1-13-7-8-16(14(2)11-13)25-10-9-21-19(23)12-18-20(24)22-15-5-3-4-6-17(15)26-18/h3-8,11,18H,9-10,12H2,1-2H3,(H,21,23)(H,22,24)/t18-/m0/s1. The summed E-state index contributed by atoms with van der Waals surface area (Å²) in [5.74, 6) is 0.542. The molecule has 5 nitrogen and oxygen atoms in total. The van der Waals surface area contributed by atoms with Crippen molar-refractivity contribution in [1.29, 1.82) is 0 Å². The second-order valence-electron chi connectivity index (χ2n) is 6.26. The zero-order valence-corrected chi connectivity index (χ0v) is 15.7. The number of para-hydroxylation sites is 1. The first kappa shape index (κ1) is 18.3. The second-order valence-corrected chi connectivity index (χ2v) is 7.51. The molecule has 0 saturated carbocycles. The summed E-state index contributed by atoms with van der Waals surface area (Å²) in [5, 5.41) is 5.26. The van der Waals surface area contributed by atoms with Gasteiger partial charge in [0.2, 0.25) is 11.8 Å². The van der Waals surface area contributed by atoms with Gasteiger partial charge in [0.25, 0.3) is 0 Å². The Kier molecular flexibility index (Phi) is 5.83. The molecule has 6 heteroatoms. The van der Waals surface area contributed by atoms with Crippen molar-refractivity contribution in [2.45, 2.75) is 30.4 Å². The van der Waals surface area contributed by atoms with E-state index in [9.17, 15) is 9.59 Å². The molecule has 0 fully saturated rings. The smallest absolute Gasteiger partial charge is 0.238 e. The molecule has 3 rings (SSSR count). The number of carbonyl (C=O) groups is 2. The first-order valence-corrected chi connectivity index (χ1v) is 9.44. The number of thioether (sulfide) groups is 1. The summed E-state index contributed by atoms with van der Waals surface area (Å²) in [6.07, 6.45) is 0.147. The molecular formula is C20H22N2O3S. The fourth-order valence-electron chi connectivity index (χ4n) is 2.78. The van der Waals surface area contributed by atoms with Gasteiger partial charge in [0.1, 0.15) is 12.4 Å². The molecule has 1 heterocycles. The highest BCUT2D eigenvalue weighted by atomic mass is 32.2. The minimum Gasteiger partial charge on any atom is -0.491 e. The lowest BCUT2D eigenvalue weighted by Gasteiger charge is -2.23. The van der Waals surface area contributed by atoms with E-state index in [-0.39, 0.29) is 18.2 Å². The third-order valence-electron chi connectivity index (χ3n) is 4.09. The number of nitrogens with one attached hydrogen (secondary N) is 2. The lowest BCUT2D eigenvalue weighted by Crippen LogP contribution is -2.36. The summed E-state index contributed by atoms with van der Waals surface area (Å²) < 4.78 is 5.70. The summed E-state index contributed by atoms with van der Waals surface area (Å²) >= 11 is 1.43. The Balaban J connectivity index is 1.44. The van der Waals surface area contributed by atoms with Crippen LogP contribution in [-0.2, 0) is 9.59 Å². The lowest BCUT2D eigenvalue weighted by atomic mass is 10.1. The van der Waals surface area contributed by atoms with Gasteiger partial charge in [-0.25, -0.2) is 0 Å². The molecule has 2 N–H and O–H groups in total. The van der Waals surface area contributed by atoms with Crippen LogP contribution in [0.5, 0.6) is 5.75 Å². The fourth-order valence-corrected chi connectivity index (χ4v) is 3.89. The molecule has 26 heavy (non-hydrogen) atoms. The van der Waals surface area contributed by atoms with Gasteiger partial charge in [-0.2, -0.15) is 0 Å². The molecule has 136 valence electrons. The van der Waals surface area contributed by atoms with E-state index < -0.39 is 5.25 Å². The number of rotatable bonds is 6. The van der Waals surface area contributed by atoms with Crippen LogP contribution in [0.3, 0.4) is 0 Å². The van der Waals surface area contributed by atoms with Crippen LogP contribution >= 0.6 is 11.8 Å². The molecule has 0 aromatic heterocycles. The molecule has 1 aliphatic heterocycles. The highest BCUT2D eigenvalue weighted by Crippen LogP contribution is 2.36. The Morgan fingerprint density at radius 2 is 2.04 bits per heavy atom. The van der Waals surface area contributed by atoms with Crippen LogP contribution in [0.15, 0.2) is 47.4 Å². The number of aryl methyl sites for hydroxylation is 2. The lowest BCUT2D eigenvalue weighted by molar-refractivity contribution is -0.124. The van der Waals surface area contributed by atoms with Gasteiger partial charge in [0, 0.05) is 11.3 Å². The largest absolute Gasteiger partial charge is 0.491 e. The molecule has 0 unspecified atom stereocenters. The number of ether oxygens (including phenoxy) is 1.